The van der Waals surface area contributed by atoms with Crippen molar-refractivity contribution in [3.05, 3.63) is 58.9 Å². The quantitative estimate of drug-likeness (QED) is 0.636. The van der Waals surface area contributed by atoms with Gasteiger partial charge in [0.15, 0.2) is 6.61 Å². The Balaban J connectivity index is 1.64. The van der Waals surface area contributed by atoms with E-state index in [1.807, 2.05) is 55.5 Å². The van der Waals surface area contributed by atoms with Crippen LogP contribution < -0.4 is 9.47 Å². The molecule has 0 amide bonds. The fourth-order valence-electron chi connectivity index (χ4n) is 2.00. The molecule has 0 saturated carbocycles. The van der Waals surface area contributed by atoms with E-state index in [4.69, 9.17) is 13.9 Å². The van der Waals surface area contributed by atoms with E-state index in [1.54, 1.807) is 0 Å². The molecular weight excluding hydrogens is 360 g/mol. The van der Waals surface area contributed by atoms with Gasteiger partial charge in [-0.3, -0.25) is 0 Å². The maximum atomic E-state index is 5.64. The first-order valence-corrected chi connectivity index (χ1v) is 7.98. The van der Waals surface area contributed by atoms with E-state index in [1.165, 1.54) is 0 Å². The van der Waals surface area contributed by atoms with Crippen molar-refractivity contribution >= 4 is 15.9 Å². The lowest BCUT2D eigenvalue weighted by molar-refractivity contribution is 0.264. The molecule has 2 aromatic carbocycles. The average molecular weight is 375 g/mol. The van der Waals surface area contributed by atoms with Crippen molar-refractivity contribution in [2.75, 3.05) is 6.61 Å². The fraction of sp³-hybridized carbons (Fsp3) is 0.176. The van der Waals surface area contributed by atoms with Gasteiger partial charge in [-0.15, -0.1) is 10.2 Å². The van der Waals surface area contributed by atoms with Gasteiger partial charge in [0.2, 0.25) is 5.89 Å². The maximum absolute atomic E-state index is 5.64. The Morgan fingerprint density at radius 3 is 2.35 bits per heavy atom. The van der Waals surface area contributed by atoms with E-state index in [9.17, 15) is 0 Å². The lowest BCUT2D eigenvalue weighted by Crippen LogP contribution is -1.96. The summed E-state index contributed by atoms with van der Waals surface area (Å²) in [7, 11) is 0. The molecule has 6 heteroatoms. The summed E-state index contributed by atoms with van der Waals surface area (Å²) in [6.45, 7) is 2.80. The molecule has 23 heavy (non-hydrogen) atoms. The van der Waals surface area contributed by atoms with Crippen LogP contribution in [-0.4, -0.2) is 16.8 Å². The van der Waals surface area contributed by atoms with Gasteiger partial charge >= 0.3 is 0 Å². The number of aromatic nitrogens is 2. The average Bonchev–Trinajstić information content (AvgIpc) is 3.04. The summed E-state index contributed by atoms with van der Waals surface area (Å²) in [6.07, 6.45) is 0. The minimum absolute atomic E-state index is 0.214. The molecule has 1 heterocycles. The van der Waals surface area contributed by atoms with Gasteiger partial charge in [0.25, 0.3) is 5.89 Å². The molecule has 1 aromatic heterocycles. The summed E-state index contributed by atoms with van der Waals surface area (Å²) in [5.41, 5.74) is 0.854. The van der Waals surface area contributed by atoms with E-state index in [0.29, 0.717) is 24.1 Å². The van der Waals surface area contributed by atoms with Gasteiger partial charge in [-0.2, -0.15) is 0 Å². The number of rotatable bonds is 6. The monoisotopic (exact) mass is 374 g/mol. The number of hydrogen-bond donors (Lipinski definition) is 0. The Morgan fingerprint density at radius 2 is 1.65 bits per heavy atom. The molecule has 0 spiro atoms. The molecule has 3 rings (SSSR count). The van der Waals surface area contributed by atoms with Gasteiger partial charge in [0.1, 0.15) is 11.5 Å². The van der Waals surface area contributed by atoms with Crippen LogP contribution in [0.3, 0.4) is 0 Å². The topological polar surface area (TPSA) is 57.4 Å². The Bertz CT molecular complexity index is 772. The second kappa shape index (κ2) is 7.28. The van der Waals surface area contributed by atoms with E-state index in [0.717, 1.165) is 15.8 Å². The van der Waals surface area contributed by atoms with Crippen LogP contribution in [0.2, 0.25) is 0 Å². The number of ether oxygens (including phenoxy) is 2. The molecule has 0 bridgehead atoms. The molecular formula is C17H15BrN2O3. The smallest absolute Gasteiger partial charge is 0.254 e. The molecule has 0 aliphatic heterocycles. The summed E-state index contributed by atoms with van der Waals surface area (Å²) in [4.78, 5) is 0. The van der Waals surface area contributed by atoms with Crippen LogP contribution in [0.4, 0.5) is 0 Å². The largest absolute Gasteiger partial charge is 0.494 e. The molecule has 0 saturated heterocycles. The van der Waals surface area contributed by atoms with Crippen molar-refractivity contribution in [1.82, 2.24) is 10.2 Å². The van der Waals surface area contributed by atoms with Gasteiger partial charge in [0, 0.05) is 4.47 Å². The number of hydrogen-bond acceptors (Lipinski definition) is 5. The Kier molecular flexibility index (Phi) is 4.92. The molecule has 0 unspecified atom stereocenters. The van der Waals surface area contributed by atoms with Crippen molar-refractivity contribution in [2.24, 2.45) is 0 Å². The van der Waals surface area contributed by atoms with Crippen molar-refractivity contribution in [1.29, 1.82) is 0 Å². The summed E-state index contributed by atoms with van der Waals surface area (Å²) < 4.78 is 17.6. The van der Waals surface area contributed by atoms with Crippen LogP contribution >= 0.6 is 15.9 Å². The van der Waals surface area contributed by atoms with Crippen LogP contribution in [0.5, 0.6) is 11.5 Å². The first-order valence-electron chi connectivity index (χ1n) is 7.19. The fourth-order valence-corrected chi connectivity index (χ4v) is 2.45. The number of benzene rings is 2. The summed E-state index contributed by atoms with van der Waals surface area (Å²) in [5, 5.41) is 8.06. The number of halogens is 1. The third kappa shape index (κ3) is 3.90. The van der Waals surface area contributed by atoms with Gasteiger partial charge in [-0.25, -0.2) is 0 Å². The highest BCUT2D eigenvalue weighted by Gasteiger charge is 2.11. The van der Waals surface area contributed by atoms with Crippen molar-refractivity contribution < 1.29 is 13.9 Å². The minimum Gasteiger partial charge on any atom is -0.494 e. The van der Waals surface area contributed by atoms with Crippen molar-refractivity contribution in [2.45, 2.75) is 13.5 Å². The lowest BCUT2D eigenvalue weighted by Gasteiger charge is -2.05. The predicted molar refractivity (Wildman–Crippen MR) is 89.4 cm³/mol. The SMILES string of the molecule is CCOc1ccc(OCc2nnc(-c3ccccc3Br)o2)cc1. The second-order valence-electron chi connectivity index (χ2n) is 4.67. The summed E-state index contributed by atoms with van der Waals surface area (Å²) in [6, 6.07) is 15.1. The van der Waals surface area contributed by atoms with Gasteiger partial charge in [-0.1, -0.05) is 12.1 Å². The molecule has 5 nitrogen and oxygen atoms in total. The normalized spacial score (nSPS) is 10.5. The molecule has 0 atom stereocenters. The molecule has 0 aliphatic carbocycles. The first-order chi connectivity index (χ1) is 11.3. The summed E-state index contributed by atoms with van der Waals surface area (Å²) in [5.74, 6) is 2.41. The predicted octanol–water partition coefficient (Wildman–Crippen LogP) is 4.48. The third-order valence-electron chi connectivity index (χ3n) is 3.07. The molecule has 3 aromatic rings. The Morgan fingerprint density at radius 1 is 0.957 bits per heavy atom. The molecule has 118 valence electrons. The highest BCUT2D eigenvalue weighted by molar-refractivity contribution is 9.10. The lowest BCUT2D eigenvalue weighted by atomic mass is 10.2. The van der Waals surface area contributed by atoms with Gasteiger partial charge in [-0.05, 0) is 59.3 Å². The third-order valence-corrected chi connectivity index (χ3v) is 3.76. The van der Waals surface area contributed by atoms with E-state index in [2.05, 4.69) is 26.1 Å². The summed E-state index contributed by atoms with van der Waals surface area (Å²) >= 11 is 3.47. The zero-order chi connectivity index (χ0) is 16.1. The molecule has 0 fully saturated rings. The standard InChI is InChI=1S/C17H15BrN2O3/c1-2-21-12-7-9-13(10-8-12)22-11-16-19-20-17(23-16)14-5-3-4-6-15(14)18/h3-10H,2,11H2,1H3. The van der Waals surface area contributed by atoms with Crippen LogP contribution in [0, 0.1) is 0 Å². The Labute approximate surface area is 142 Å². The minimum atomic E-state index is 0.214. The van der Waals surface area contributed by atoms with Crippen LogP contribution in [0.25, 0.3) is 11.5 Å². The van der Waals surface area contributed by atoms with E-state index >= 15 is 0 Å². The van der Waals surface area contributed by atoms with E-state index in [-0.39, 0.29) is 6.61 Å². The zero-order valence-corrected chi connectivity index (χ0v) is 14.1. The van der Waals surface area contributed by atoms with Crippen LogP contribution in [-0.2, 0) is 6.61 Å². The number of nitrogens with zero attached hydrogens (tertiary/aromatic N) is 2. The molecule has 0 aliphatic rings. The van der Waals surface area contributed by atoms with Gasteiger partial charge in [0.05, 0.1) is 12.2 Å². The zero-order valence-electron chi connectivity index (χ0n) is 12.5. The van der Waals surface area contributed by atoms with Crippen molar-refractivity contribution in [3.8, 4) is 23.0 Å². The Hall–Kier alpha value is -2.34. The highest BCUT2D eigenvalue weighted by Crippen LogP contribution is 2.27. The van der Waals surface area contributed by atoms with Crippen molar-refractivity contribution in [3.63, 3.8) is 0 Å². The van der Waals surface area contributed by atoms with Crippen LogP contribution in [0.1, 0.15) is 12.8 Å². The molecule has 0 radical (unpaired) electrons. The van der Waals surface area contributed by atoms with Gasteiger partial charge < -0.3 is 13.9 Å². The molecule has 0 N–H and O–H groups in total. The van der Waals surface area contributed by atoms with E-state index < -0.39 is 0 Å². The maximum Gasteiger partial charge on any atom is 0.254 e. The first kappa shape index (κ1) is 15.6. The van der Waals surface area contributed by atoms with Crippen LogP contribution in [0.15, 0.2) is 57.4 Å². The second-order valence-corrected chi connectivity index (χ2v) is 5.53. The highest BCUT2D eigenvalue weighted by atomic mass is 79.9.